The highest BCUT2D eigenvalue weighted by Crippen LogP contribution is 2.25. The summed E-state index contributed by atoms with van der Waals surface area (Å²) in [6.45, 7) is 1.46. The molecule has 0 aliphatic carbocycles. The number of benzene rings is 2. The number of hydrogen-bond donors (Lipinski definition) is 1. The van der Waals surface area contributed by atoms with Crippen LogP contribution in [0.5, 0.6) is 0 Å². The number of nitrogens with one attached hydrogen (secondary N) is 1. The highest BCUT2D eigenvalue weighted by molar-refractivity contribution is 8.01. The lowest BCUT2D eigenvalue weighted by molar-refractivity contribution is -0.113. The molecule has 2 aromatic carbocycles. The van der Waals surface area contributed by atoms with Gasteiger partial charge in [-0.1, -0.05) is 41.3 Å². The number of para-hydroxylation sites is 1. The predicted octanol–water partition coefficient (Wildman–Crippen LogP) is 3.41. The number of aromatic nitrogens is 2. The van der Waals surface area contributed by atoms with E-state index in [0.29, 0.717) is 40.3 Å². The predicted molar refractivity (Wildman–Crippen MR) is 128 cm³/mol. The number of sulfonamides is 1. The number of carbonyl (C=O) groups is 1. The Morgan fingerprint density at radius 1 is 1.12 bits per heavy atom. The minimum atomic E-state index is -3.56. The first-order chi connectivity index (χ1) is 15.4. The Morgan fingerprint density at radius 3 is 2.50 bits per heavy atom. The average Bonchev–Trinajstić information content (AvgIpc) is 3.20. The van der Waals surface area contributed by atoms with Crippen LogP contribution in [-0.2, 0) is 19.6 Å². The number of morpholine rings is 1. The van der Waals surface area contributed by atoms with Gasteiger partial charge in [-0.2, -0.15) is 4.31 Å². The third-order valence-corrected chi connectivity index (χ3v) is 8.88. The summed E-state index contributed by atoms with van der Waals surface area (Å²) in [7, 11) is -3.56. The Morgan fingerprint density at radius 2 is 1.81 bits per heavy atom. The molecule has 32 heavy (non-hydrogen) atoms. The molecule has 0 radical (unpaired) electrons. The molecule has 1 saturated heterocycles. The van der Waals surface area contributed by atoms with Crippen molar-refractivity contribution in [1.29, 1.82) is 0 Å². The van der Waals surface area contributed by atoms with E-state index in [-0.39, 0.29) is 16.6 Å². The SMILES string of the molecule is O=C(CSc1nn(-c2ccccc2)c(=S)s1)Nc1ccc(S(=O)(=O)N2CCOCC2)cc1. The number of amides is 1. The fraction of sp³-hybridized carbons (Fsp3) is 0.250. The van der Waals surface area contributed by atoms with E-state index in [2.05, 4.69) is 10.4 Å². The lowest BCUT2D eigenvalue weighted by Crippen LogP contribution is -2.40. The third-order valence-electron chi connectivity index (χ3n) is 4.60. The molecule has 0 bridgehead atoms. The van der Waals surface area contributed by atoms with Crippen LogP contribution in [0.2, 0.25) is 0 Å². The van der Waals surface area contributed by atoms with Gasteiger partial charge < -0.3 is 10.1 Å². The standard InChI is InChI=1S/C20H20N4O4S4/c25-18(14-30-19-22-24(20(29)31-19)16-4-2-1-3-5-16)21-15-6-8-17(9-7-15)32(26,27)23-10-12-28-13-11-23/h1-9H,10-14H2,(H,21,25). The number of nitrogens with zero attached hydrogens (tertiary/aromatic N) is 3. The first-order valence-electron chi connectivity index (χ1n) is 9.70. The van der Waals surface area contributed by atoms with Crippen LogP contribution < -0.4 is 5.32 Å². The largest absolute Gasteiger partial charge is 0.379 e. The van der Waals surface area contributed by atoms with Crippen molar-refractivity contribution in [2.75, 3.05) is 37.4 Å². The lowest BCUT2D eigenvalue weighted by atomic mass is 10.3. The van der Waals surface area contributed by atoms with Crippen LogP contribution in [0.1, 0.15) is 0 Å². The molecule has 0 unspecified atom stereocenters. The van der Waals surface area contributed by atoms with Gasteiger partial charge in [-0.05, 0) is 48.6 Å². The Labute approximate surface area is 199 Å². The van der Waals surface area contributed by atoms with Crippen molar-refractivity contribution in [1.82, 2.24) is 14.1 Å². The highest BCUT2D eigenvalue weighted by Gasteiger charge is 2.26. The van der Waals surface area contributed by atoms with Crippen molar-refractivity contribution < 1.29 is 17.9 Å². The summed E-state index contributed by atoms with van der Waals surface area (Å²) in [5.74, 6) is -0.0589. The van der Waals surface area contributed by atoms with Crippen LogP contribution in [0.4, 0.5) is 5.69 Å². The van der Waals surface area contributed by atoms with Gasteiger partial charge in [0.2, 0.25) is 15.9 Å². The van der Waals surface area contributed by atoms with Crippen molar-refractivity contribution in [3.05, 3.63) is 58.6 Å². The van der Waals surface area contributed by atoms with Gasteiger partial charge in [-0.15, -0.1) is 5.10 Å². The number of ether oxygens (including phenoxy) is 1. The number of rotatable bonds is 7. The van der Waals surface area contributed by atoms with Gasteiger partial charge in [0.25, 0.3) is 0 Å². The monoisotopic (exact) mass is 508 g/mol. The molecule has 1 aliphatic rings. The second kappa shape index (κ2) is 10.2. The van der Waals surface area contributed by atoms with E-state index in [1.165, 1.54) is 39.5 Å². The summed E-state index contributed by atoms with van der Waals surface area (Å²) in [5.41, 5.74) is 1.40. The molecule has 12 heteroatoms. The number of hydrogen-bond acceptors (Lipinski definition) is 8. The zero-order valence-electron chi connectivity index (χ0n) is 16.8. The summed E-state index contributed by atoms with van der Waals surface area (Å²) >= 11 is 8.02. The Bertz CT molecular complexity index is 1230. The molecule has 2 heterocycles. The molecular weight excluding hydrogens is 489 g/mol. The fourth-order valence-corrected chi connectivity index (χ4v) is 6.59. The summed E-state index contributed by atoms with van der Waals surface area (Å²) in [6.07, 6.45) is 0. The van der Waals surface area contributed by atoms with Gasteiger partial charge in [0.1, 0.15) is 0 Å². The van der Waals surface area contributed by atoms with Gasteiger partial charge in [0, 0.05) is 18.8 Å². The maximum atomic E-state index is 12.7. The molecule has 1 aliphatic heterocycles. The summed E-state index contributed by atoms with van der Waals surface area (Å²) < 4.78 is 34.9. The molecule has 1 fully saturated rings. The first kappa shape index (κ1) is 23.1. The maximum Gasteiger partial charge on any atom is 0.243 e. The average molecular weight is 509 g/mol. The Hall–Kier alpha value is -2.09. The summed E-state index contributed by atoms with van der Waals surface area (Å²) in [5, 5.41) is 7.26. The van der Waals surface area contributed by atoms with Crippen LogP contribution in [0, 0.1) is 3.95 Å². The van der Waals surface area contributed by atoms with Crippen molar-refractivity contribution in [3.63, 3.8) is 0 Å². The number of anilines is 1. The van der Waals surface area contributed by atoms with Crippen molar-refractivity contribution in [3.8, 4) is 5.69 Å². The molecule has 3 aromatic rings. The molecule has 0 atom stereocenters. The molecular formula is C20H20N4O4S4. The highest BCUT2D eigenvalue weighted by atomic mass is 32.2. The summed E-state index contributed by atoms with van der Waals surface area (Å²) in [4.78, 5) is 12.5. The van der Waals surface area contributed by atoms with Gasteiger partial charge in [-0.3, -0.25) is 4.79 Å². The minimum absolute atomic E-state index is 0.158. The molecule has 8 nitrogen and oxygen atoms in total. The summed E-state index contributed by atoms with van der Waals surface area (Å²) in [6, 6.07) is 15.8. The molecule has 168 valence electrons. The number of carbonyl (C=O) groups excluding carboxylic acids is 1. The quantitative estimate of drug-likeness (QED) is 0.386. The zero-order chi connectivity index (χ0) is 22.6. The Balaban J connectivity index is 1.34. The normalized spacial score (nSPS) is 14.9. The van der Waals surface area contributed by atoms with Crippen LogP contribution in [0.3, 0.4) is 0 Å². The molecule has 0 saturated carbocycles. The van der Waals surface area contributed by atoms with E-state index in [1.807, 2.05) is 30.3 Å². The maximum absolute atomic E-state index is 12.7. The van der Waals surface area contributed by atoms with Gasteiger partial charge >= 0.3 is 0 Å². The van der Waals surface area contributed by atoms with Crippen molar-refractivity contribution in [2.24, 2.45) is 0 Å². The Kier molecular flexibility index (Phi) is 7.38. The van der Waals surface area contributed by atoms with E-state index in [1.54, 1.807) is 16.8 Å². The van der Waals surface area contributed by atoms with Crippen LogP contribution >= 0.6 is 35.3 Å². The fourth-order valence-electron chi connectivity index (χ4n) is 3.02. The van der Waals surface area contributed by atoms with E-state index >= 15 is 0 Å². The minimum Gasteiger partial charge on any atom is -0.379 e. The molecule has 0 spiro atoms. The third kappa shape index (κ3) is 5.45. The van der Waals surface area contributed by atoms with Gasteiger partial charge in [-0.25, -0.2) is 13.1 Å². The molecule has 4 rings (SSSR count). The van der Waals surface area contributed by atoms with Crippen molar-refractivity contribution in [2.45, 2.75) is 9.24 Å². The second-order valence-electron chi connectivity index (χ2n) is 6.76. The van der Waals surface area contributed by atoms with Crippen molar-refractivity contribution >= 4 is 56.9 Å². The van der Waals surface area contributed by atoms with Crippen LogP contribution in [-0.4, -0.2) is 60.5 Å². The van der Waals surface area contributed by atoms with E-state index in [0.717, 1.165) is 5.69 Å². The molecule has 1 aromatic heterocycles. The van der Waals surface area contributed by atoms with E-state index in [4.69, 9.17) is 17.0 Å². The topological polar surface area (TPSA) is 93.5 Å². The van der Waals surface area contributed by atoms with Gasteiger partial charge in [0.05, 0.1) is 29.5 Å². The molecule has 1 amide bonds. The zero-order valence-corrected chi connectivity index (χ0v) is 20.1. The first-order valence-corrected chi connectivity index (χ1v) is 13.3. The van der Waals surface area contributed by atoms with Crippen LogP contribution in [0.25, 0.3) is 5.69 Å². The van der Waals surface area contributed by atoms with Crippen LogP contribution in [0.15, 0.2) is 63.8 Å². The van der Waals surface area contributed by atoms with E-state index < -0.39 is 10.0 Å². The molecule has 1 N–H and O–H groups in total. The number of thioether (sulfide) groups is 1. The lowest BCUT2D eigenvalue weighted by Gasteiger charge is -2.26. The van der Waals surface area contributed by atoms with Gasteiger partial charge in [0.15, 0.2) is 8.29 Å². The smallest absolute Gasteiger partial charge is 0.243 e. The van der Waals surface area contributed by atoms with E-state index in [9.17, 15) is 13.2 Å². The second-order valence-corrected chi connectivity index (χ2v) is 11.5.